The molecule has 0 N–H and O–H groups in total. The summed E-state index contributed by atoms with van der Waals surface area (Å²) in [7, 11) is 1.44. The molecule has 2 aromatic rings. The molecule has 0 radical (unpaired) electrons. The van der Waals surface area contributed by atoms with Gasteiger partial charge in [0.1, 0.15) is 5.75 Å². The van der Waals surface area contributed by atoms with Gasteiger partial charge in [0.15, 0.2) is 5.76 Å². The Morgan fingerprint density at radius 1 is 1.36 bits per heavy atom. The van der Waals surface area contributed by atoms with E-state index < -0.39 is 0 Å². The number of rotatable bonds is 5. The number of carbonyl (C=O) groups is 1. The summed E-state index contributed by atoms with van der Waals surface area (Å²) < 4.78 is 16.1. The van der Waals surface area contributed by atoms with E-state index in [-0.39, 0.29) is 17.8 Å². The van der Waals surface area contributed by atoms with Crippen LogP contribution in [-0.2, 0) is 9.53 Å². The van der Waals surface area contributed by atoms with Crippen molar-refractivity contribution in [2.75, 3.05) is 13.7 Å². The predicted molar refractivity (Wildman–Crippen MR) is 94.8 cm³/mol. The van der Waals surface area contributed by atoms with Crippen LogP contribution in [0.25, 0.3) is 11.3 Å². The molecule has 0 aliphatic heterocycles. The number of hydrogen-bond donors (Lipinski definition) is 0. The number of methoxy groups -OCH3 is 1. The highest BCUT2D eigenvalue weighted by atomic mass is 35.5. The first kappa shape index (κ1) is 17.8. The molecule has 134 valence electrons. The molecular formula is C19H22ClNO4. The molecule has 6 heteroatoms. The van der Waals surface area contributed by atoms with E-state index in [1.807, 2.05) is 25.1 Å². The van der Waals surface area contributed by atoms with Crippen molar-refractivity contribution in [3.63, 3.8) is 0 Å². The molecule has 2 atom stereocenters. The van der Waals surface area contributed by atoms with Crippen LogP contribution in [0, 0.1) is 5.92 Å². The third-order valence-corrected chi connectivity index (χ3v) is 4.90. The van der Waals surface area contributed by atoms with Crippen LogP contribution in [0.3, 0.4) is 0 Å². The van der Waals surface area contributed by atoms with Gasteiger partial charge in [0, 0.05) is 17.0 Å². The summed E-state index contributed by atoms with van der Waals surface area (Å²) in [6.45, 7) is 2.48. The van der Waals surface area contributed by atoms with Crippen LogP contribution in [0.2, 0.25) is 5.02 Å². The van der Waals surface area contributed by atoms with Crippen molar-refractivity contribution < 1.29 is 18.8 Å². The molecule has 0 amide bonds. The SMILES string of the molecule is CCOc1ccc(Cl)cc1-c1cc([C@H]2CCC[C@@H](C(=O)OC)C2)no1. The van der Waals surface area contributed by atoms with Gasteiger partial charge in [0.2, 0.25) is 0 Å². The molecule has 3 rings (SSSR count). The normalized spacial score (nSPS) is 20.3. The zero-order valence-corrected chi connectivity index (χ0v) is 15.2. The molecule has 5 nitrogen and oxygen atoms in total. The van der Waals surface area contributed by atoms with E-state index in [0.29, 0.717) is 23.1 Å². The maximum Gasteiger partial charge on any atom is 0.308 e. The van der Waals surface area contributed by atoms with Gasteiger partial charge in [0.05, 0.1) is 30.9 Å². The lowest BCUT2D eigenvalue weighted by Gasteiger charge is -2.25. The van der Waals surface area contributed by atoms with Crippen molar-refractivity contribution in [2.24, 2.45) is 5.92 Å². The van der Waals surface area contributed by atoms with Gasteiger partial charge in [-0.05, 0) is 44.4 Å². The van der Waals surface area contributed by atoms with E-state index in [0.717, 1.165) is 36.9 Å². The number of carbonyl (C=O) groups excluding carboxylic acids is 1. The summed E-state index contributed by atoms with van der Waals surface area (Å²) in [6.07, 6.45) is 3.59. The van der Waals surface area contributed by atoms with Crippen LogP contribution in [0.4, 0.5) is 0 Å². The second kappa shape index (κ2) is 7.91. The Hall–Kier alpha value is -2.01. The van der Waals surface area contributed by atoms with Gasteiger partial charge in [-0.2, -0.15) is 0 Å². The maximum atomic E-state index is 11.8. The molecule has 1 heterocycles. The highest BCUT2D eigenvalue weighted by Gasteiger charge is 2.30. The zero-order chi connectivity index (χ0) is 17.8. The molecule has 0 bridgehead atoms. The van der Waals surface area contributed by atoms with E-state index >= 15 is 0 Å². The minimum Gasteiger partial charge on any atom is -0.493 e. The van der Waals surface area contributed by atoms with Crippen LogP contribution in [0.1, 0.15) is 44.2 Å². The van der Waals surface area contributed by atoms with Crippen molar-refractivity contribution >= 4 is 17.6 Å². The summed E-state index contributed by atoms with van der Waals surface area (Å²) in [4.78, 5) is 11.8. The third kappa shape index (κ3) is 3.98. The van der Waals surface area contributed by atoms with Gasteiger partial charge in [-0.3, -0.25) is 4.79 Å². The van der Waals surface area contributed by atoms with Crippen molar-refractivity contribution in [3.8, 4) is 17.1 Å². The van der Waals surface area contributed by atoms with Gasteiger partial charge >= 0.3 is 5.97 Å². The average molecular weight is 364 g/mol. The van der Waals surface area contributed by atoms with Crippen molar-refractivity contribution in [2.45, 2.75) is 38.5 Å². The highest BCUT2D eigenvalue weighted by molar-refractivity contribution is 6.30. The summed E-state index contributed by atoms with van der Waals surface area (Å²) in [6, 6.07) is 7.36. The quantitative estimate of drug-likeness (QED) is 0.711. The van der Waals surface area contributed by atoms with Crippen molar-refractivity contribution in [1.82, 2.24) is 5.16 Å². The first-order valence-corrected chi connectivity index (χ1v) is 8.97. The lowest BCUT2D eigenvalue weighted by molar-refractivity contribution is -0.146. The Kier molecular flexibility index (Phi) is 5.63. The second-order valence-corrected chi connectivity index (χ2v) is 6.71. The van der Waals surface area contributed by atoms with Crippen LogP contribution in [-0.4, -0.2) is 24.8 Å². The number of halogens is 1. The Bertz CT molecular complexity index is 743. The number of aromatic nitrogens is 1. The number of hydrogen-bond acceptors (Lipinski definition) is 5. The lowest BCUT2D eigenvalue weighted by Crippen LogP contribution is -2.23. The summed E-state index contributed by atoms with van der Waals surface area (Å²) in [5, 5.41) is 4.85. The predicted octanol–water partition coefficient (Wildman–Crippen LogP) is 4.84. The van der Waals surface area contributed by atoms with Crippen LogP contribution in [0.5, 0.6) is 5.75 Å². The smallest absolute Gasteiger partial charge is 0.308 e. The van der Waals surface area contributed by atoms with E-state index in [1.165, 1.54) is 7.11 Å². The Labute approximate surface area is 152 Å². The van der Waals surface area contributed by atoms with Crippen molar-refractivity contribution in [3.05, 3.63) is 35.0 Å². The third-order valence-electron chi connectivity index (χ3n) is 4.66. The molecule has 1 aromatic carbocycles. The number of benzene rings is 1. The molecule has 1 fully saturated rings. The van der Waals surface area contributed by atoms with Crippen LogP contribution in [0.15, 0.2) is 28.8 Å². The molecule has 25 heavy (non-hydrogen) atoms. The fraction of sp³-hybridized carbons (Fsp3) is 0.474. The van der Waals surface area contributed by atoms with Crippen LogP contribution < -0.4 is 4.74 Å². The lowest BCUT2D eigenvalue weighted by atomic mass is 9.80. The van der Waals surface area contributed by atoms with Crippen LogP contribution >= 0.6 is 11.6 Å². The van der Waals surface area contributed by atoms with Gasteiger partial charge < -0.3 is 14.0 Å². The largest absolute Gasteiger partial charge is 0.493 e. The van der Waals surface area contributed by atoms with E-state index in [1.54, 1.807) is 6.07 Å². The number of ether oxygens (including phenoxy) is 2. The molecule has 1 aliphatic carbocycles. The Balaban J connectivity index is 1.83. The molecule has 1 aromatic heterocycles. The molecule has 0 spiro atoms. The summed E-state index contributed by atoms with van der Waals surface area (Å²) in [5.41, 5.74) is 1.65. The molecule has 0 unspecified atom stereocenters. The zero-order valence-electron chi connectivity index (χ0n) is 14.5. The molecule has 1 saturated carbocycles. The molecular weight excluding hydrogens is 342 g/mol. The van der Waals surface area contributed by atoms with E-state index in [4.69, 9.17) is 25.6 Å². The summed E-state index contributed by atoms with van der Waals surface area (Å²) >= 11 is 6.12. The van der Waals surface area contributed by atoms with Gasteiger partial charge in [-0.15, -0.1) is 0 Å². The second-order valence-electron chi connectivity index (χ2n) is 6.27. The number of esters is 1. The first-order chi connectivity index (χ1) is 12.1. The van der Waals surface area contributed by atoms with Gasteiger partial charge in [-0.25, -0.2) is 0 Å². The Morgan fingerprint density at radius 3 is 2.96 bits per heavy atom. The maximum absolute atomic E-state index is 11.8. The number of nitrogens with zero attached hydrogens (tertiary/aromatic N) is 1. The topological polar surface area (TPSA) is 61.6 Å². The van der Waals surface area contributed by atoms with Gasteiger partial charge in [-0.1, -0.05) is 23.2 Å². The van der Waals surface area contributed by atoms with E-state index in [9.17, 15) is 4.79 Å². The monoisotopic (exact) mass is 363 g/mol. The minimum absolute atomic E-state index is 0.0611. The summed E-state index contributed by atoms with van der Waals surface area (Å²) in [5.74, 6) is 1.34. The fourth-order valence-electron chi connectivity index (χ4n) is 3.42. The first-order valence-electron chi connectivity index (χ1n) is 8.59. The average Bonchev–Trinajstić information content (AvgIpc) is 3.13. The molecule has 1 aliphatic rings. The molecule has 0 saturated heterocycles. The van der Waals surface area contributed by atoms with Gasteiger partial charge in [0.25, 0.3) is 0 Å². The minimum atomic E-state index is -0.137. The Morgan fingerprint density at radius 2 is 2.20 bits per heavy atom. The van der Waals surface area contributed by atoms with E-state index in [2.05, 4.69) is 5.16 Å². The highest BCUT2D eigenvalue weighted by Crippen LogP contribution is 2.39. The standard InChI is InChI=1S/C19H22ClNO4/c1-3-24-17-8-7-14(20)10-15(17)18-11-16(21-25-18)12-5-4-6-13(9-12)19(22)23-2/h7-8,10-13H,3-6,9H2,1-2H3/t12-,13+/m0/s1. The van der Waals surface area contributed by atoms with Crippen molar-refractivity contribution in [1.29, 1.82) is 0 Å². The fourth-order valence-corrected chi connectivity index (χ4v) is 3.60.